The second kappa shape index (κ2) is 10.8. The largest absolute Gasteiger partial charge is 0.496 e. The molecule has 0 spiro atoms. The maximum absolute atomic E-state index is 5.53. The average Bonchev–Trinajstić information content (AvgIpc) is 2.82. The molecule has 6 nitrogen and oxygen atoms in total. The Bertz CT molecular complexity index is 899. The highest BCUT2D eigenvalue weighted by molar-refractivity contribution is 5.65. The summed E-state index contributed by atoms with van der Waals surface area (Å²) in [6, 6.07) is 7.57. The quantitative estimate of drug-likeness (QED) is 0.487. The molecule has 2 aromatic carbocycles. The zero-order chi connectivity index (χ0) is 23.1. The van der Waals surface area contributed by atoms with Crippen molar-refractivity contribution in [3.8, 4) is 34.5 Å². The molecule has 0 bridgehead atoms. The van der Waals surface area contributed by atoms with Crippen molar-refractivity contribution in [3.63, 3.8) is 0 Å². The molecule has 2 unspecified atom stereocenters. The first-order valence-corrected chi connectivity index (χ1v) is 10.5. The topological polar surface area (TPSA) is 55.4 Å². The molecule has 1 aliphatic carbocycles. The molecule has 1 fully saturated rings. The molecule has 3 rings (SSSR count). The summed E-state index contributed by atoms with van der Waals surface area (Å²) in [5.74, 6) is 5.06. The van der Waals surface area contributed by atoms with E-state index in [0.29, 0.717) is 34.8 Å². The van der Waals surface area contributed by atoms with Crippen LogP contribution >= 0.6 is 0 Å². The fourth-order valence-electron chi connectivity index (χ4n) is 3.85. The fourth-order valence-corrected chi connectivity index (χ4v) is 3.85. The van der Waals surface area contributed by atoms with Crippen molar-refractivity contribution >= 4 is 12.2 Å². The summed E-state index contributed by atoms with van der Waals surface area (Å²) >= 11 is 0. The van der Waals surface area contributed by atoms with Gasteiger partial charge in [-0.3, -0.25) is 0 Å². The SMILES string of the molecule is COc1cc(OC)c(OC)cc1C=CC1CCC1C=Cc1cc(OC)c(OC)cc1OC. The Morgan fingerprint density at radius 2 is 0.812 bits per heavy atom. The predicted molar refractivity (Wildman–Crippen MR) is 126 cm³/mol. The van der Waals surface area contributed by atoms with Gasteiger partial charge in [0.05, 0.1) is 42.7 Å². The highest BCUT2D eigenvalue weighted by atomic mass is 16.5. The minimum Gasteiger partial charge on any atom is -0.496 e. The third-order valence-corrected chi connectivity index (χ3v) is 5.90. The van der Waals surface area contributed by atoms with Crippen LogP contribution in [0.3, 0.4) is 0 Å². The van der Waals surface area contributed by atoms with Crippen LogP contribution in [-0.4, -0.2) is 42.7 Å². The second-order valence-electron chi connectivity index (χ2n) is 7.52. The van der Waals surface area contributed by atoms with Crippen LogP contribution in [0.4, 0.5) is 0 Å². The van der Waals surface area contributed by atoms with E-state index in [-0.39, 0.29) is 0 Å². The van der Waals surface area contributed by atoms with Crippen LogP contribution in [0.25, 0.3) is 12.2 Å². The van der Waals surface area contributed by atoms with Crippen molar-refractivity contribution < 1.29 is 28.4 Å². The predicted octanol–water partition coefficient (Wildman–Crippen LogP) is 5.49. The molecule has 0 N–H and O–H groups in total. The van der Waals surface area contributed by atoms with Gasteiger partial charge in [-0.25, -0.2) is 0 Å². The standard InChI is InChI=1S/C26H32O6/c1-27-21-15-25(31-5)23(29-3)13-19(21)11-9-17-7-8-18(17)10-12-20-14-24(30-4)26(32-6)16-22(20)28-2/h9-18H,7-8H2,1-6H3. The lowest BCUT2D eigenvalue weighted by Crippen LogP contribution is -2.21. The third kappa shape index (κ3) is 4.96. The van der Waals surface area contributed by atoms with Gasteiger partial charge in [-0.15, -0.1) is 0 Å². The first-order chi connectivity index (χ1) is 15.6. The molecule has 0 saturated heterocycles. The number of hydrogen-bond donors (Lipinski definition) is 0. The molecule has 6 heteroatoms. The maximum Gasteiger partial charge on any atom is 0.164 e. The summed E-state index contributed by atoms with van der Waals surface area (Å²) in [5.41, 5.74) is 1.92. The van der Waals surface area contributed by atoms with Gasteiger partial charge in [0, 0.05) is 23.3 Å². The van der Waals surface area contributed by atoms with Crippen LogP contribution in [0.2, 0.25) is 0 Å². The summed E-state index contributed by atoms with van der Waals surface area (Å²) in [6.07, 6.45) is 11.0. The van der Waals surface area contributed by atoms with Gasteiger partial charge < -0.3 is 28.4 Å². The Morgan fingerprint density at radius 3 is 1.09 bits per heavy atom. The summed E-state index contributed by atoms with van der Waals surface area (Å²) in [6.45, 7) is 0. The zero-order valence-electron chi connectivity index (χ0n) is 19.6. The van der Waals surface area contributed by atoms with Gasteiger partial charge in [0.15, 0.2) is 23.0 Å². The normalized spacial score (nSPS) is 17.8. The van der Waals surface area contributed by atoms with E-state index in [9.17, 15) is 0 Å². The highest BCUT2D eigenvalue weighted by Crippen LogP contribution is 2.41. The van der Waals surface area contributed by atoms with E-state index in [4.69, 9.17) is 28.4 Å². The second-order valence-corrected chi connectivity index (χ2v) is 7.52. The monoisotopic (exact) mass is 440 g/mol. The van der Waals surface area contributed by atoms with E-state index in [2.05, 4.69) is 24.3 Å². The van der Waals surface area contributed by atoms with E-state index in [1.807, 2.05) is 24.3 Å². The van der Waals surface area contributed by atoms with Crippen molar-refractivity contribution in [2.45, 2.75) is 12.8 Å². The summed E-state index contributed by atoms with van der Waals surface area (Å²) in [7, 11) is 9.81. The minimum atomic E-state index is 0.454. The third-order valence-electron chi connectivity index (χ3n) is 5.90. The number of hydrogen-bond acceptors (Lipinski definition) is 6. The lowest BCUT2D eigenvalue weighted by molar-refractivity contribution is 0.288. The van der Waals surface area contributed by atoms with E-state index in [1.165, 1.54) is 0 Å². The molecular formula is C26H32O6. The number of allylic oxidation sites excluding steroid dienone is 2. The van der Waals surface area contributed by atoms with Crippen molar-refractivity contribution in [2.75, 3.05) is 42.7 Å². The van der Waals surface area contributed by atoms with Gasteiger partial charge in [0.25, 0.3) is 0 Å². The lowest BCUT2D eigenvalue weighted by atomic mass is 9.73. The van der Waals surface area contributed by atoms with Crippen LogP contribution in [0, 0.1) is 11.8 Å². The maximum atomic E-state index is 5.53. The molecular weight excluding hydrogens is 408 g/mol. The Hall–Kier alpha value is -3.28. The van der Waals surface area contributed by atoms with Crippen LogP contribution in [0.1, 0.15) is 24.0 Å². The Morgan fingerprint density at radius 1 is 0.500 bits per heavy atom. The van der Waals surface area contributed by atoms with Crippen molar-refractivity contribution in [3.05, 3.63) is 47.5 Å². The Balaban J connectivity index is 1.77. The van der Waals surface area contributed by atoms with Crippen molar-refractivity contribution in [1.29, 1.82) is 0 Å². The summed E-state index contributed by atoms with van der Waals surface area (Å²) < 4.78 is 32.7. The number of benzene rings is 2. The van der Waals surface area contributed by atoms with Crippen LogP contribution in [-0.2, 0) is 0 Å². The summed E-state index contributed by atoms with van der Waals surface area (Å²) in [4.78, 5) is 0. The van der Waals surface area contributed by atoms with Gasteiger partial charge in [-0.2, -0.15) is 0 Å². The van der Waals surface area contributed by atoms with Gasteiger partial charge >= 0.3 is 0 Å². The fraction of sp³-hybridized carbons (Fsp3) is 0.385. The number of rotatable bonds is 10. The van der Waals surface area contributed by atoms with Gasteiger partial charge in [0.2, 0.25) is 0 Å². The molecule has 0 aliphatic heterocycles. The molecule has 0 heterocycles. The van der Waals surface area contributed by atoms with E-state index >= 15 is 0 Å². The first-order valence-electron chi connectivity index (χ1n) is 10.5. The van der Waals surface area contributed by atoms with E-state index < -0.39 is 0 Å². The minimum absolute atomic E-state index is 0.454. The molecule has 0 radical (unpaired) electrons. The number of ether oxygens (including phenoxy) is 6. The van der Waals surface area contributed by atoms with Crippen LogP contribution in [0.5, 0.6) is 34.5 Å². The molecule has 172 valence electrons. The smallest absolute Gasteiger partial charge is 0.164 e. The average molecular weight is 441 g/mol. The Labute approximate surface area is 190 Å². The van der Waals surface area contributed by atoms with Gasteiger partial charge in [0.1, 0.15) is 11.5 Å². The van der Waals surface area contributed by atoms with Crippen molar-refractivity contribution in [1.82, 2.24) is 0 Å². The molecule has 2 atom stereocenters. The van der Waals surface area contributed by atoms with Gasteiger partial charge in [-0.1, -0.05) is 24.3 Å². The first kappa shape index (κ1) is 23.4. The van der Waals surface area contributed by atoms with E-state index in [0.717, 1.165) is 35.5 Å². The Kier molecular flexibility index (Phi) is 7.92. The summed E-state index contributed by atoms with van der Waals surface area (Å²) in [5, 5.41) is 0. The molecule has 1 saturated carbocycles. The molecule has 0 amide bonds. The molecule has 2 aromatic rings. The lowest BCUT2D eigenvalue weighted by Gasteiger charge is -2.32. The zero-order valence-corrected chi connectivity index (χ0v) is 19.6. The number of methoxy groups -OCH3 is 6. The molecule has 32 heavy (non-hydrogen) atoms. The van der Waals surface area contributed by atoms with E-state index in [1.54, 1.807) is 42.7 Å². The van der Waals surface area contributed by atoms with Crippen molar-refractivity contribution in [2.24, 2.45) is 11.8 Å². The van der Waals surface area contributed by atoms with Gasteiger partial charge in [-0.05, 0) is 36.8 Å². The molecule has 1 aliphatic rings. The molecule has 0 aromatic heterocycles. The highest BCUT2D eigenvalue weighted by Gasteiger charge is 2.26. The van der Waals surface area contributed by atoms with Crippen LogP contribution < -0.4 is 28.4 Å². The van der Waals surface area contributed by atoms with Crippen LogP contribution in [0.15, 0.2) is 36.4 Å².